The van der Waals surface area contributed by atoms with Crippen LogP contribution >= 0.6 is 0 Å². The van der Waals surface area contributed by atoms with Crippen molar-refractivity contribution in [3.8, 4) is 0 Å². The number of hydrogen-bond acceptors (Lipinski definition) is 6. The van der Waals surface area contributed by atoms with Gasteiger partial charge in [-0.25, -0.2) is 0 Å². The number of allylic oxidation sites excluding steroid dienone is 16. The lowest BCUT2D eigenvalue weighted by Crippen LogP contribution is -2.30. The van der Waals surface area contributed by atoms with Crippen molar-refractivity contribution in [3.05, 3.63) is 97.2 Å². The first-order valence-corrected chi connectivity index (χ1v) is 24.8. The average molecular weight is 847 g/mol. The summed E-state index contributed by atoms with van der Waals surface area (Å²) in [6.07, 6.45) is 63.8. The summed E-state index contributed by atoms with van der Waals surface area (Å²) in [6, 6.07) is 0. The Morgan fingerprint density at radius 2 is 0.639 bits per heavy atom. The van der Waals surface area contributed by atoms with Gasteiger partial charge in [0.15, 0.2) is 6.10 Å². The van der Waals surface area contributed by atoms with E-state index in [1.165, 1.54) is 77.0 Å². The van der Waals surface area contributed by atoms with E-state index in [-0.39, 0.29) is 37.5 Å². The molecule has 6 heteroatoms. The first-order valence-electron chi connectivity index (χ1n) is 24.8. The van der Waals surface area contributed by atoms with Gasteiger partial charge in [0.05, 0.1) is 0 Å². The molecule has 6 nitrogen and oxygen atoms in total. The monoisotopic (exact) mass is 847 g/mol. The summed E-state index contributed by atoms with van der Waals surface area (Å²) >= 11 is 0. The molecule has 0 radical (unpaired) electrons. The van der Waals surface area contributed by atoms with Crippen LogP contribution in [0.3, 0.4) is 0 Å². The third-order valence-corrected chi connectivity index (χ3v) is 10.3. The van der Waals surface area contributed by atoms with Crippen LogP contribution in [0.15, 0.2) is 97.2 Å². The molecule has 0 rings (SSSR count). The molecular weight excluding hydrogens is 757 g/mol. The number of carbonyl (C=O) groups excluding carboxylic acids is 3. The third-order valence-electron chi connectivity index (χ3n) is 10.3. The molecule has 0 bridgehead atoms. The normalized spacial score (nSPS) is 12.9. The topological polar surface area (TPSA) is 78.9 Å². The van der Waals surface area contributed by atoms with Gasteiger partial charge in [-0.1, -0.05) is 227 Å². The molecule has 0 aliphatic carbocycles. The lowest BCUT2D eigenvalue weighted by molar-refractivity contribution is -0.167. The van der Waals surface area contributed by atoms with Gasteiger partial charge in [-0.15, -0.1) is 0 Å². The van der Waals surface area contributed by atoms with Crippen LogP contribution in [0.5, 0.6) is 0 Å². The van der Waals surface area contributed by atoms with Crippen LogP contribution in [0.1, 0.15) is 213 Å². The number of unbranched alkanes of at least 4 members (excludes halogenated alkanes) is 22. The highest BCUT2D eigenvalue weighted by atomic mass is 16.6. The Bertz CT molecular complexity index is 1250. The van der Waals surface area contributed by atoms with Gasteiger partial charge in [0.25, 0.3) is 0 Å². The Hall–Kier alpha value is -3.67. The van der Waals surface area contributed by atoms with E-state index in [4.69, 9.17) is 14.2 Å². The number of carbonyl (C=O) groups is 3. The Balaban J connectivity index is 4.49. The van der Waals surface area contributed by atoms with Crippen molar-refractivity contribution in [1.82, 2.24) is 0 Å². The number of hydrogen-bond donors (Lipinski definition) is 0. The lowest BCUT2D eigenvalue weighted by atomic mass is 10.0. The minimum Gasteiger partial charge on any atom is -0.462 e. The standard InChI is InChI=1S/C55H90O6/c1-4-7-10-13-16-19-22-25-26-27-28-29-31-33-36-39-42-45-48-54(57)60-51-52(50-59-53(56)47-44-41-38-35-32-24-21-18-15-12-9-6-3)61-55(58)49-46-43-40-37-34-30-23-20-17-14-11-8-5-2/h8,11,14,16-17,19-20,22-23,25-30,34,52H,4-7,9-10,12-13,15,18,21,24,31-33,35-51H2,1-3H3/b11-8-,17-14-,19-16-,23-20-,25-22-,27-26-,29-28-,34-30-. The summed E-state index contributed by atoms with van der Waals surface area (Å²) in [6.45, 7) is 6.39. The second kappa shape index (κ2) is 49.0. The molecule has 0 saturated heterocycles. The van der Waals surface area contributed by atoms with Gasteiger partial charge in [-0.3, -0.25) is 14.4 Å². The number of esters is 3. The highest BCUT2D eigenvalue weighted by Gasteiger charge is 2.19. The Morgan fingerprint density at radius 1 is 0.344 bits per heavy atom. The van der Waals surface area contributed by atoms with Crippen molar-refractivity contribution in [3.63, 3.8) is 0 Å². The van der Waals surface area contributed by atoms with Crippen molar-refractivity contribution in [2.45, 2.75) is 219 Å². The van der Waals surface area contributed by atoms with E-state index in [0.717, 1.165) is 89.9 Å². The molecule has 0 aromatic rings. The van der Waals surface area contributed by atoms with Gasteiger partial charge in [0.2, 0.25) is 0 Å². The van der Waals surface area contributed by atoms with E-state index >= 15 is 0 Å². The van der Waals surface area contributed by atoms with Crippen LogP contribution in [0.2, 0.25) is 0 Å². The molecule has 1 atom stereocenters. The van der Waals surface area contributed by atoms with E-state index < -0.39 is 6.10 Å². The molecule has 1 unspecified atom stereocenters. The molecule has 0 amide bonds. The minimum atomic E-state index is -0.806. The molecule has 346 valence electrons. The SMILES string of the molecule is CC\C=C/C=C\C=C/C=C\CCCCCC(=O)OC(COC(=O)CCCCCCC\C=C/C=C\C=C/C=C\CCCCC)COC(=O)CCCCCCCCCCCCCC. The van der Waals surface area contributed by atoms with Crippen LogP contribution in [-0.4, -0.2) is 37.2 Å². The largest absolute Gasteiger partial charge is 0.462 e. The Morgan fingerprint density at radius 3 is 1.05 bits per heavy atom. The van der Waals surface area contributed by atoms with Gasteiger partial charge < -0.3 is 14.2 Å². The highest BCUT2D eigenvalue weighted by Crippen LogP contribution is 2.14. The Kier molecular flexibility index (Phi) is 46.0. The second-order valence-corrected chi connectivity index (χ2v) is 16.2. The van der Waals surface area contributed by atoms with E-state index in [2.05, 4.69) is 81.5 Å². The number of rotatable bonds is 43. The zero-order chi connectivity index (χ0) is 44.4. The molecule has 0 saturated carbocycles. The fourth-order valence-electron chi connectivity index (χ4n) is 6.52. The van der Waals surface area contributed by atoms with Gasteiger partial charge in [0, 0.05) is 19.3 Å². The lowest BCUT2D eigenvalue weighted by Gasteiger charge is -2.18. The predicted molar refractivity (Wildman–Crippen MR) is 260 cm³/mol. The summed E-state index contributed by atoms with van der Waals surface area (Å²) < 4.78 is 16.7. The molecular formula is C55H90O6. The second-order valence-electron chi connectivity index (χ2n) is 16.2. The number of ether oxygens (including phenoxy) is 3. The zero-order valence-corrected chi connectivity index (χ0v) is 39.4. The quantitative estimate of drug-likeness (QED) is 0.0263. The highest BCUT2D eigenvalue weighted by molar-refractivity contribution is 5.71. The van der Waals surface area contributed by atoms with E-state index in [9.17, 15) is 14.4 Å². The van der Waals surface area contributed by atoms with Crippen molar-refractivity contribution < 1.29 is 28.6 Å². The summed E-state index contributed by atoms with van der Waals surface area (Å²) in [5.74, 6) is -0.969. The summed E-state index contributed by atoms with van der Waals surface area (Å²) in [5, 5.41) is 0. The predicted octanol–water partition coefficient (Wildman–Crippen LogP) is 16.2. The summed E-state index contributed by atoms with van der Waals surface area (Å²) in [7, 11) is 0. The summed E-state index contributed by atoms with van der Waals surface area (Å²) in [5.41, 5.74) is 0. The molecule has 0 N–H and O–H groups in total. The molecule has 0 aromatic carbocycles. The van der Waals surface area contributed by atoms with Gasteiger partial charge in [0.1, 0.15) is 13.2 Å². The van der Waals surface area contributed by atoms with Crippen LogP contribution in [0.4, 0.5) is 0 Å². The maximum atomic E-state index is 12.7. The molecule has 0 spiro atoms. The Labute approximate surface area is 375 Å². The van der Waals surface area contributed by atoms with Crippen molar-refractivity contribution in [2.75, 3.05) is 13.2 Å². The molecule has 0 aliphatic rings. The van der Waals surface area contributed by atoms with Gasteiger partial charge in [-0.05, 0) is 64.2 Å². The maximum Gasteiger partial charge on any atom is 0.306 e. The van der Waals surface area contributed by atoms with E-state index in [0.29, 0.717) is 19.3 Å². The third kappa shape index (κ3) is 47.2. The van der Waals surface area contributed by atoms with Crippen molar-refractivity contribution in [2.24, 2.45) is 0 Å². The average Bonchev–Trinajstić information content (AvgIpc) is 3.26. The fourth-order valence-corrected chi connectivity index (χ4v) is 6.52. The maximum absolute atomic E-state index is 12.7. The fraction of sp³-hybridized carbons (Fsp3) is 0.655. The molecule has 0 fully saturated rings. The smallest absolute Gasteiger partial charge is 0.306 e. The molecule has 0 aliphatic heterocycles. The van der Waals surface area contributed by atoms with Crippen LogP contribution in [0, 0.1) is 0 Å². The first kappa shape index (κ1) is 57.3. The molecule has 0 aromatic heterocycles. The van der Waals surface area contributed by atoms with Crippen LogP contribution in [0.25, 0.3) is 0 Å². The van der Waals surface area contributed by atoms with E-state index in [1.54, 1.807) is 0 Å². The molecule has 61 heavy (non-hydrogen) atoms. The minimum absolute atomic E-state index is 0.101. The van der Waals surface area contributed by atoms with Crippen LogP contribution in [-0.2, 0) is 28.6 Å². The zero-order valence-electron chi connectivity index (χ0n) is 39.4. The summed E-state index contributed by atoms with van der Waals surface area (Å²) in [4.78, 5) is 37.9. The van der Waals surface area contributed by atoms with Gasteiger partial charge >= 0.3 is 17.9 Å². The van der Waals surface area contributed by atoms with Gasteiger partial charge in [-0.2, -0.15) is 0 Å². The molecule has 0 heterocycles. The van der Waals surface area contributed by atoms with E-state index in [1.807, 2.05) is 36.5 Å². The first-order chi connectivity index (χ1) is 30.0. The van der Waals surface area contributed by atoms with Crippen LogP contribution < -0.4 is 0 Å². The van der Waals surface area contributed by atoms with Crippen molar-refractivity contribution >= 4 is 17.9 Å². The van der Waals surface area contributed by atoms with Crippen molar-refractivity contribution in [1.29, 1.82) is 0 Å².